The fraction of sp³-hybridized carbons (Fsp3) is 0.500. The van der Waals surface area contributed by atoms with E-state index in [0.717, 1.165) is 31.0 Å². The lowest BCUT2D eigenvalue weighted by Gasteiger charge is -2.15. The van der Waals surface area contributed by atoms with Crippen LogP contribution in [-0.4, -0.2) is 37.5 Å². The van der Waals surface area contributed by atoms with Crippen LogP contribution in [0, 0.1) is 0 Å². The number of benzene rings is 1. The van der Waals surface area contributed by atoms with Gasteiger partial charge in [0.1, 0.15) is 0 Å². The molecule has 0 atom stereocenters. The van der Waals surface area contributed by atoms with Gasteiger partial charge in [-0.2, -0.15) is 13.2 Å². The number of halogens is 4. The van der Waals surface area contributed by atoms with Crippen molar-refractivity contribution in [2.24, 2.45) is 0 Å². The Morgan fingerprint density at radius 1 is 1.25 bits per heavy atom. The van der Waals surface area contributed by atoms with E-state index in [1.54, 1.807) is 0 Å². The first-order valence-corrected chi connectivity index (χ1v) is 9.23. The molecule has 0 aliphatic carbocycles. The summed E-state index contributed by atoms with van der Waals surface area (Å²) in [5.41, 5.74) is -1.15. The maximum absolute atomic E-state index is 12.7. The fourth-order valence-corrected chi connectivity index (χ4v) is 4.01. The average molecular weight is 385 g/mol. The maximum Gasteiger partial charge on any atom is 0.416 e. The molecule has 1 aromatic carbocycles. The van der Waals surface area contributed by atoms with Gasteiger partial charge in [0, 0.05) is 19.5 Å². The fourth-order valence-electron chi connectivity index (χ4n) is 2.33. The van der Waals surface area contributed by atoms with Gasteiger partial charge in [-0.1, -0.05) is 11.6 Å². The third kappa shape index (κ3) is 4.84. The summed E-state index contributed by atoms with van der Waals surface area (Å²) in [6, 6.07) is 2.55. The predicted octanol–water partition coefficient (Wildman–Crippen LogP) is 3.11. The Balaban J connectivity index is 2.00. The molecule has 0 radical (unpaired) electrons. The van der Waals surface area contributed by atoms with E-state index < -0.39 is 33.4 Å². The minimum absolute atomic E-state index is 0.0567. The first kappa shape index (κ1) is 19.0. The first-order valence-electron chi connectivity index (χ1n) is 7.24. The molecule has 0 aromatic heterocycles. The highest BCUT2D eigenvalue weighted by molar-refractivity contribution is 7.89. The maximum atomic E-state index is 12.7. The molecule has 0 unspecified atom stereocenters. The SMILES string of the molecule is O=C(CCS(=O)(=O)N1CCCC1)Nc1cc(C(F)(F)F)ccc1Cl. The first-order chi connectivity index (χ1) is 11.1. The van der Waals surface area contributed by atoms with Crippen molar-refractivity contribution in [3.05, 3.63) is 28.8 Å². The van der Waals surface area contributed by atoms with Crippen LogP contribution in [0.2, 0.25) is 5.02 Å². The molecular weight excluding hydrogens is 369 g/mol. The topological polar surface area (TPSA) is 66.5 Å². The Morgan fingerprint density at radius 2 is 1.88 bits per heavy atom. The van der Waals surface area contributed by atoms with Crippen molar-refractivity contribution in [1.29, 1.82) is 0 Å². The summed E-state index contributed by atoms with van der Waals surface area (Å²) in [4.78, 5) is 11.9. The minimum Gasteiger partial charge on any atom is -0.325 e. The molecule has 24 heavy (non-hydrogen) atoms. The molecule has 1 heterocycles. The van der Waals surface area contributed by atoms with E-state index in [4.69, 9.17) is 11.6 Å². The zero-order valence-corrected chi connectivity index (χ0v) is 14.1. The second kappa shape index (κ2) is 7.28. The lowest BCUT2D eigenvalue weighted by molar-refractivity contribution is -0.137. The van der Waals surface area contributed by atoms with E-state index in [1.807, 2.05) is 0 Å². The number of sulfonamides is 1. The van der Waals surface area contributed by atoms with Crippen molar-refractivity contribution in [2.75, 3.05) is 24.2 Å². The molecule has 1 amide bonds. The number of nitrogens with zero attached hydrogens (tertiary/aromatic N) is 1. The zero-order chi connectivity index (χ0) is 18.0. The highest BCUT2D eigenvalue weighted by atomic mass is 35.5. The van der Waals surface area contributed by atoms with E-state index in [-0.39, 0.29) is 17.1 Å². The van der Waals surface area contributed by atoms with E-state index in [0.29, 0.717) is 13.1 Å². The third-order valence-electron chi connectivity index (χ3n) is 3.61. The van der Waals surface area contributed by atoms with Gasteiger partial charge in [-0.3, -0.25) is 4.79 Å². The monoisotopic (exact) mass is 384 g/mol. The molecule has 1 saturated heterocycles. The largest absolute Gasteiger partial charge is 0.416 e. The van der Waals surface area contributed by atoms with Crippen molar-refractivity contribution in [3.63, 3.8) is 0 Å². The third-order valence-corrected chi connectivity index (χ3v) is 5.81. The van der Waals surface area contributed by atoms with Crippen molar-refractivity contribution in [3.8, 4) is 0 Å². The van der Waals surface area contributed by atoms with Gasteiger partial charge >= 0.3 is 6.18 Å². The van der Waals surface area contributed by atoms with Crippen LogP contribution in [0.25, 0.3) is 0 Å². The van der Waals surface area contributed by atoms with Crippen LogP contribution < -0.4 is 5.32 Å². The Kier molecular flexibility index (Phi) is 5.77. The molecule has 0 spiro atoms. The van der Waals surface area contributed by atoms with Crippen LogP contribution in [0.5, 0.6) is 0 Å². The molecule has 1 N–H and O–H groups in total. The van der Waals surface area contributed by atoms with Gasteiger partial charge in [0.25, 0.3) is 0 Å². The average Bonchev–Trinajstić information content (AvgIpc) is 3.01. The molecule has 1 aliphatic rings. The van der Waals surface area contributed by atoms with Gasteiger partial charge in [-0.05, 0) is 31.0 Å². The van der Waals surface area contributed by atoms with Crippen LogP contribution in [-0.2, 0) is 21.0 Å². The Hall–Kier alpha value is -1.32. The smallest absolute Gasteiger partial charge is 0.325 e. The summed E-state index contributed by atoms with van der Waals surface area (Å²) < 4.78 is 63.4. The number of anilines is 1. The normalized spacial score (nSPS) is 16.3. The summed E-state index contributed by atoms with van der Waals surface area (Å²) in [5.74, 6) is -1.10. The number of hydrogen-bond acceptors (Lipinski definition) is 3. The number of rotatable bonds is 5. The van der Waals surface area contributed by atoms with E-state index in [2.05, 4.69) is 5.32 Å². The second-order valence-electron chi connectivity index (χ2n) is 5.41. The standard InChI is InChI=1S/C14H16ClF3N2O3S/c15-11-4-3-10(14(16,17)18)9-12(11)19-13(21)5-8-24(22,23)20-6-1-2-7-20/h3-4,9H,1-2,5-8H2,(H,19,21). The van der Waals surface area contributed by atoms with Crippen molar-refractivity contribution < 1.29 is 26.4 Å². The van der Waals surface area contributed by atoms with Crippen LogP contribution in [0.4, 0.5) is 18.9 Å². The molecule has 1 aliphatic heterocycles. The molecule has 0 bridgehead atoms. The van der Waals surface area contributed by atoms with Crippen LogP contribution in [0.1, 0.15) is 24.8 Å². The summed E-state index contributed by atoms with van der Waals surface area (Å²) >= 11 is 5.78. The summed E-state index contributed by atoms with van der Waals surface area (Å²) in [6.07, 6.45) is -3.36. The van der Waals surface area contributed by atoms with Crippen LogP contribution in [0.15, 0.2) is 18.2 Å². The highest BCUT2D eigenvalue weighted by Gasteiger charge is 2.31. The minimum atomic E-state index is -4.57. The lowest BCUT2D eigenvalue weighted by Crippen LogP contribution is -2.31. The van der Waals surface area contributed by atoms with Gasteiger partial charge in [-0.15, -0.1) is 0 Å². The van der Waals surface area contributed by atoms with Gasteiger partial charge < -0.3 is 5.32 Å². The number of alkyl halides is 3. The zero-order valence-electron chi connectivity index (χ0n) is 12.6. The van der Waals surface area contributed by atoms with Gasteiger partial charge in [0.05, 0.1) is 22.0 Å². The van der Waals surface area contributed by atoms with Crippen LogP contribution >= 0.6 is 11.6 Å². The van der Waals surface area contributed by atoms with Gasteiger partial charge in [0.15, 0.2) is 0 Å². The number of nitrogens with one attached hydrogen (secondary N) is 1. The molecule has 2 rings (SSSR count). The second-order valence-corrected chi connectivity index (χ2v) is 7.91. The van der Waals surface area contributed by atoms with Gasteiger partial charge in [-0.25, -0.2) is 12.7 Å². The molecule has 10 heteroatoms. The quantitative estimate of drug-likeness (QED) is 0.848. The number of carbonyl (C=O) groups is 1. The molecule has 5 nitrogen and oxygen atoms in total. The number of carbonyl (C=O) groups excluding carboxylic acids is 1. The molecular formula is C14H16ClF3N2O3S. The Labute approximate surface area is 142 Å². The Morgan fingerprint density at radius 3 is 2.46 bits per heavy atom. The molecule has 1 fully saturated rings. The lowest BCUT2D eigenvalue weighted by atomic mass is 10.2. The van der Waals surface area contributed by atoms with E-state index in [1.165, 1.54) is 4.31 Å². The summed E-state index contributed by atoms with van der Waals surface area (Å²) in [5, 5.41) is 2.18. The van der Waals surface area contributed by atoms with Crippen molar-refractivity contribution >= 4 is 33.2 Å². The molecule has 1 aromatic rings. The predicted molar refractivity (Wildman–Crippen MR) is 84.3 cm³/mol. The van der Waals surface area contributed by atoms with E-state index in [9.17, 15) is 26.4 Å². The Bertz CT molecular complexity index is 716. The number of amides is 1. The van der Waals surface area contributed by atoms with Crippen molar-refractivity contribution in [2.45, 2.75) is 25.4 Å². The highest BCUT2D eigenvalue weighted by Crippen LogP contribution is 2.33. The molecule has 0 saturated carbocycles. The van der Waals surface area contributed by atoms with E-state index >= 15 is 0 Å². The van der Waals surface area contributed by atoms with Gasteiger partial charge in [0.2, 0.25) is 15.9 Å². The summed E-state index contributed by atoms with van der Waals surface area (Å²) in [6.45, 7) is 0.868. The molecule has 134 valence electrons. The summed E-state index contributed by atoms with van der Waals surface area (Å²) in [7, 11) is -3.53. The van der Waals surface area contributed by atoms with Crippen molar-refractivity contribution in [1.82, 2.24) is 4.31 Å². The van der Waals surface area contributed by atoms with Crippen LogP contribution in [0.3, 0.4) is 0 Å². The number of hydrogen-bond donors (Lipinski definition) is 1.